The minimum absolute atomic E-state index is 0.131. The predicted octanol–water partition coefficient (Wildman–Crippen LogP) is 3.27. The number of hydrogen-bond donors (Lipinski definition) is 2. The normalized spacial score (nSPS) is 9.90. The predicted molar refractivity (Wildman–Crippen MR) is 86.9 cm³/mol. The van der Waals surface area contributed by atoms with Crippen molar-refractivity contribution in [1.82, 2.24) is 0 Å². The second kappa shape index (κ2) is 6.57. The van der Waals surface area contributed by atoms with Gasteiger partial charge in [-0.05, 0) is 49.6 Å². The lowest BCUT2D eigenvalue weighted by Gasteiger charge is -2.09. The van der Waals surface area contributed by atoms with E-state index in [-0.39, 0.29) is 12.5 Å². The highest BCUT2D eigenvalue weighted by Crippen LogP contribution is 2.24. The van der Waals surface area contributed by atoms with Gasteiger partial charge in [0.05, 0.1) is 9.75 Å². The minimum atomic E-state index is -0.179. The van der Waals surface area contributed by atoms with E-state index >= 15 is 0 Å². The molecule has 0 aliphatic rings. The molecule has 0 fully saturated rings. The van der Waals surface area contributed by atoms with Gasteiger partial charge in [0.2, 0.25) is 0 Å². The maximum atomic E-state index is 12.3. The number of aliphatic hydroxyl groups excluding tert-OH is 1. The molecule has 2 N–H and O–H groups in total. The highest BCUT2D eigenvalue weighted by molar-refractivity contribution is 7.14. The minimum Gasteiger partial charge on any atom is -0.384 e. The number of aliphatic hydroxyl groups is 1. The van der Waals surface area contributed by atoms with Crippen LogP contribution in [0.4, 0.5) is 5.69 Å². The number of benzene rings is 1. The lowest BCUT2D eigenvalue weighted by molar-refractivity contribution is 0.103. The van der Waals surface area contributed by atoms with E-state index in [1.54, 1.807) is 0 Å². The zero-order chi connectivity index (χ0) is 15.4. The summed E-state index contributed by atoms with van der Waals surface area (Å²) in [4.78, 5) is 13.8. The zero-order valence-corrected chi connectivity index (χ0v) is 13.1. The van der Waals surface area contributed by atoms with Crippen molar-refractivity contribution in [3.8, 4) is 11.8 Å². The fourth-order valence-corrected chi connectivity index (χ4v) is 2.85. The molecule has 1 amide bonds. The molecule has 1 heterocycles. The molecule has 0 saturated heterocycles. The molecule has 0 spiro atoms. The van der Waals surface area contributed by atoms with Crippen LogP contribution in [0.2, 0.25) is 0 Å². The summed E-state index contributed by atoms with van der Waals surface area (Å²) in [6.07, 6.45) is 0. The van der Waals surface area contributed by atoms with Crippen molar-refractivity contribution < 1.29 is 9.90 Å². The lowest BCUT2D eigenvalue weighted by atomic mass is 10.1. The van der Waals surface area contributed by atoms with Crippen LogP contribution in [0, 0.1) is 32.6 Å². The number of carbonyl (C=O) groups is 1. The van der Waals surface area contributed by atoms with Gasteiger partial charge in [-0.2, -0.15) is 0 Å². The van der Waals surface area contributed by atoms with E-state index < -0.39 is 0 Å². The van der Waals surface area contributed by atoms with Crippen LogP contribution in [0.25, 0.3) is 0 Å². The van der Waals surface area contributed by atoms with Crippen LogP contribution in [0.3, 0.4) is 0 Å². The molecule has 0 aliphatic carbocycles. The van der Waals surface area contributed by atoms with Gasteiger partial charge in [0.25, 0.3) is 5.91 Å². The molecule has 3 nitrogen and oxygen atoms in total. The van der Waals surface area contributed by atoms with Gasteiger partial charge in [0.15, 0.2) is 0 Å². The summed E-state index contributed by atoms with van der Waals surface area (Å²) in [6.45, 7) is 5.74. The Bertz CT molecular complexity index is 735. The topological polar surface area (TPSA) is 49.3 Å². The van der Waals surface area contributed by atoms with Crippen molar-refractivity contribution in [2.24, 2.45) is 0 Å². The standard InChI is InChI=1S/C17H17NO2S/c1-11-6-4-7-14(13(11)3)18-17(20)16-10-12(2)15(21-16)8-5-9-19/h4,6-7,10,19H,9H2,1-3H3,(H,18,20). The maximum Gasteiger partial charge on any atom is 0.265 e. The Hall–Kier alpha value is -2.09. The van der Waals surface area contributed by atoms with Gasteiger partial charge in [-0.3, -0.25) is 4.79 Å². The van der Waals surface area contributed by atoms with Crippen LogP contribution in [0.15, 0.2) is 24.3 Å². The van der Waals surface area contributed by atoms with Crippen LogP contribution in [0.1, 0.15) is 31.2 Å². The van der Waals surface area contributed by atoms with E-state index in [4.69, 9.17) is 5.11 Å². The third-order valence-electron chi connectivity index (χ3n) is 3.28. The Morgan fingerprint density at radius 3 is 2.76 bits per heavy atom. The first-order valence-corrected chi connectivity index (χ1v) is 7.42. The van der Waals surface area contributed by atoms with E-state index in [1.807, 2.05) is 45.0 Å². The Labute approximate surface area is 128 Å². The quantitative estimate of drug-likeness (QED) is 0.836. The fourth-order valence-electron chi connectivity index (χ4n) is 1.91. The number of aryl methyl sites for hydroxylation is 2. The average molecular weight is 299 g/mol. The molecule has 0 aliphatic heterocycles. The van der Waals surface area contributed by atoms with Gasteiger partial charge < -0.3 is 10.4 Å². The number of rotatable bonds is 2. The average Bonchev–Trinajstić information content (AvgIpc) is 2.83. The fraction of sp³-hybridized carbons (Fsp3) is 0.235. The first kappa shape index (κ1) is 15.3. The van der Waals surface area contributed by atoms with Crippen LogP contribution >= 0.6 is 11.3 Å². The van der Waals surface area contributed by atoms with Crippen molar-refractivity contribution in [3.05, 3.63) is 50.7 Å². The molecule has 1 aromatic carbocycles. The number of nitrogens with one attached hydrogen (secondary N) is 1. The van der Waals surface area contributed by atoms with Crippen LogP contribution < -0.4 is 5.32 Å². The molecule has 0 radical (unpaired) electrons. The molecular weight excluding hydrogens is 282 g/mol. The summed E-state index contributed by atoms with van der Waals surface area (Å²) >= 11 is 1.34. The van der Waals surface area contributed by atoms with Crippen molar-refractivity contribution in [1.29, 1.82) is 0 Å². The summed E-state index contributed by atoms with van der Waals surface area (Å²) in [5.41, 5.74) is 3.99. The van der Waals surface area contributed by atoms with Gasteiger partial charge in [-0.25, -0.2) is 0 Å². The number of anilines is 1. The molecule has 0 saturated carbocycles. The van der Waals surface area contributed by atoms with Gasteiger partial charge >= 0.3 is 0 Å². The van der Waals surface area contributed by atoms with Gasteiger partial charge in [-0.1, -0.05) is 24.0 Å². The van der Waals surface area contributed by atoms with Crippen molar-refractivity contribution >= 4 is 22.9 Å². The monoisotopic (exact) mass is 299 g/mol. The van der Waals surface area contributed by atoms with Crippen LogP contribution in [0.5, 0.6) is 0 Å². The third-order valence-corrected chi connectivity index (χ3v) is 4.43. The second-order valence-corrected chi connectivity index (χ2v) is 5.84. The third kappa shape index (κ3) is 3.52. The summed E-state index contributed by atoms with van der Waals surface area (Å²) < 4.78 is 0. The number of thiophene rings is 1. The zero-order valence-electron chi connectivity index (χ0n) is 12.3. The summed E-state index contributed by atoms with van der Waals surface area (Å²) in [5.74, 6) is 5.34. The van der Waals surface area contributed by atoms with E-state index in [0.717, 1.165) is 27.3 Å². The summed E-state index contributed by atoms with van der Waals surface area (Å²) in [5, 5.41) is 11.7. The Kier molecular flexibility index (Phi) is 4.79. The highest BCUT2D eigenvalue weighted by atomic mass is 32.1. The first-order valence-electron chi connectivity index (χ1n) is 6.60. The summed E-state index contributed by atoms with van der Waals surface area (Å²) in [6, 6.07) is 7.67. The molecule has 2 rings (SSSR count). The van der Waals surface area contributed by atoms with E-state index in [9.17, 15) is 4.79 Å². The maximum absolute atomic E-state index is 12.3. The SMILES string of the molecule is Cc1cc(C(=O)Nc2cccc(C)c2C)sc1C#CCO. The van der Waals surface area contributed by atoms with E-state index in [2.05, 4.69) is 17.2 Å². The molecule has 0 bridgehead atoms. The van der Waals surface area contributed by atoms with E-state index in [1.165, 1.54) is 11.3 Å². The molecule has 0 unspecified atom stereocenters. The number of amides is 1. The van der Waals surface area contributed by atoms with Crippen molar-refractivity contribution in [2.75, 3.05) is 11.9 Å². The number of hydrogen-bond acceptors (Lipinski definition) is 3. The number of carbonyl (C=O) groups excluding carboxylic acids is 1. The molecule has 21 heavy (non-hydrogen) atoms. The highest BCUT2D eigenvalue weighted by Gasteiger charge is 2.13. The van der Waals surface area contributed by atoms with Crippen molar-refractivity contribution in [3.63, 3.8) is 0 Å². The van der Waals surface area contributed by atoms with Gasteiger partial charge in [-0.15, -0.1) is 11.3 Å². The second-order valence-electron chi connectivity index (χ2n) is 4.78. The Morgan fingerprint density at radius 2 is 2.05 bits per heavy atom. The molecule has 4 heteroatoms. The molecule has 0 atom stereocenters. The smallest absolute Gasteiger partial charge is 0.265 e. The largest absolute Gasteiger partial charge is 0.384 e. The van der Waals surface area contributed by atoms with Crippen molar-refractivity contribution in [2.45, 2.75) is 20.8 Å². The van der Waals surface area contributed by atoms with Gasteiger partial charge in [0, 0.05) is 5.69 Å². The molecular formula is C17H17NO2S. The summed E-state index contributed by atoms with van der Waals surface area (Å²) in [7, 11) is 0. The molecule has 1 aromatic heterocycles. The van der Waals surface area contributed by atoms with Gasteiger partial charge in [0.1, 0.15) is 6.61 Å². The molecule has 108 valence electrons. The van der Waals surface area contributed by atoms with E-state index in [0.29, 0.717) is 4.88 Å². The Morgan fingerprint density at radius 1 is 1.29 bits per heavy atom. The lowest BCUT2D eigenvalue weighted by Crippen LogP contribution is -2.11. The Balaban J connectivity index is 2.23. The molecule has 2 aromatic rings. The first-order chi connectivity index (χ1) is 10.0. The van der Waals surface area contributed by atoms with Crippen LogP contribution in [-0.4, -0.2) is 17.6 Å². The van der Waals surface area contributed by atoms with Crippen LogP contribution in [-0.2, 0) is 0 Å².